The smallest absolute Gasteiger partial charge is 0.0414 e. The van der Waals surface area contributed by atoms with Gasteiger partial charge in [0.05, 0.1) is 0 Å². The van der Waals surface area contributed by atoms with Gasteiger partial charge in [0.25, 0.3) is 0 Å². The Balaban J connectivity index is 0.000000136. The van der Waals surface area contributed by atoms with Crippen molar-refractivity contribution in [2.24, 2.45) is 0 Å². The number of para-hydroxylation sites is 3. The largest absolute Gasteiger partial charge is 0.345 e. The monoisotopic (exact) mass is 1050 g/mol. The first-order valence-electron chi connectivity index (χ1n) is 27.9. The standard InChI is InChI=1S/3C26H23N/c1-27(25-13-6-3-7-14-25)26-17-15-23(16-18-26)24-12-8-11-22(20-24)19-21-9-4-2-5-10-21;1-27(25-12-6-3-7-13-25)26-14-8-11-24(20-26)23-17-15-22(16-18-23)19-21-9-4-2-5-10-21;1-27(25-10-6-3-7-11-25)26-18-16-24(17-19-26)23-14-12-22(13-15-23)20-21-8-4-2-5-9-21/h2*2-18,20H,19H2,1H3;2-19H,20H2,1H3. The van der Waals surface area contributed by atoms with Crippen molar-refractivity contribution >= 4 is 34.1 Å². The summed E-state index contributed by atoms with van der Waals surface area (Å²) in [6, 6.07) is 116. The van der Waals surface area contributed by atoms with E-state index in [1.807, 2.05) is 18.2 Å². The summed E-state index contributed by atoms with van der Waals surface area (Å²) < 4.78 is 0. The molecule has 12 aromatic rings. The van der Waals surface area contributed by atoms with Crippen LogP contribution in [0.3, 0.4) is 0 Å². The molecule has 0 bridgehead atoms. The zero-order valence-corrected chi connectivity index (χ0v) is 46.6. The van der Waals surface area contributed by atoms with Crippen LogP contribution in [0.1, 0.15) is 33.4 Å². The molecule has 0 spiro atoms. The van der Waals surface area contributed by atoms with E-state index in [0.717, 1.165) is 19.3 Å². The van der Waals surface area contributed by atoms with Crippen LogP contribution in [0.15, 0.2) is 328 Å². The molecule has 0 heterocycles. The lowest BCUT2D eigenvalue weighted by Crippen LogP contribution is -2.08. The van der Waals surface area contributed by atoms with Crippen molar-refractivity contribution < 1.29 is 0 Å². The van der Waals surface area contributed by atoms with Gasteiger partial charge in [0, 0.05) is 55.3 Å². The van der Waals surface area contributed by atoms with Gasteiger partial charge >= 0.3 is 0 Å². The van der Waals surface area contributed by atoms with Gasteiger partial charge in [-0.15, -0.1) is 0 Å². The molecule has 0 unspecified atom stereocenters. The van der Waals surface area contributed by atoms with Gasteiger partial charge in [0.15, 0.2) is 0 Å². The molecule has 0 amide bonds. The molecular weight excluding hydrogens is 979 g/mol. The quantitative estimate of drug-likeness (QED) is 0.101. The molecule has 12 rings (SSSR count). The molecule has 0 atom stereocenters. The highest BCUT2D eigenvalue weighted by Gasteiger charge is 2.09. The van der Waals surface area contributed by atoms with Gasteiger partial charge in [-0.05, 0) is 159 Å². The third-order valence-electron chi connectivity index (χ3n) is 14.8. The third kappa shape index (κ3) is 15.2. The van der Waals surface area contributed by atoms with Crippen molar-refractivity contribution in [1.29, 1.82) is 0 Å². The molecule has 12 aromatic carbocycles. The molecule has 0 aliphatic heterocycles. The maximum atomic E-state index is 2.29. The van der Waals surface area contributed by atoms with Crippen LogP contribution < -0.4 is 14.7 Å². The van der Waals surface area contributed by atoms with Crippen molar-refractivity contribution in [3.63, 3.8) is 0 Å². The lowest BCUT2D eigenvalue weighted by atomic mass is 9.99. The molecule has 0 aliphatic carbocycles. The first kappa shape index (κ1) is 54.4. The van der Waals surface area contributed by atoms with Crippen LogP contribution in [0.4, 0.5) is 34.1 Å². The van der Waals surface area contributed by atoms with Crippen LogP contribution in [0, 0.1) is 0 Å². The first-order valence-corrected chi connectivity index (χ1v) is 27.9. The number of rotatable bonds is 15. The van der Waals surface area contributed by atoms with E-state index < -0.39 is 0 Å². The van der Waals surface area contributed by atoms with Gasteiger partial charge in [-0.2, -0.15) is 0 Å². The van der Waals surface area contributed by atoms with Crippen molar-refractivity contribution in [2.75, 3.05) is 35.8 Å². The number of hydrogen-bond acceptors (Lipinski definition) is 3. The second kappa shape index (κ2) is 27.6. The Labute approximate surface area is 481 Å². The topological polar surface area (TPSA) is 9.72 Å². The molecule has 0 saturated carbocycles. The van der Waals surface area contributed by atoms with E-state index in [4.69, 9.17) is 0 Å². The molecule has 0 radical (unpaired) electrons. The highest BCUT2D eigenvalue weighted by Crippen LogP contribution is 2.32. The molecule has 0 aliphatic rings. The maximum Gasteiger partial charge on any atom is 0.0414 e. The van der Waals surface area contributed by atoms with Crippen LogP contribution in [0.2, 0.25) is 0 Å². The van der Waals surface area contributed by atoms with Crippen LogP contribution in [0.5, 0.6) is 0 Å². The molecule has 0 aromatic heterocycles. The van der Waals surface area contributed by atoms with Gasteiger partial charge in [-0.25, -0.2) is 0 Å². The number of nitrogens with zero attached hydrogens (tertiary/aromatic N) is 3. The molecule has 396 valence electrons. The van der Waals surface area contributed by atoms with Crippen LogP contribution in [-0.4, -0.2) is 21.1 Å². The van der Waals surface area contributed by atoms with E-state index in [1.54, 1.807) is 0 Å². The number of hydrogen-bond donors (Lipinski definition) is 0. The van der Waals surface area contributed by atoms with Crippen LogP contribution in [-0.2, 0) is 19.3 Å². The third-order valence-corrected chi connectivity index (χ3v) is 14.8. The number of benzene rings is 12. The van der Waals surface area contributed by atoms with Crippen molar-refractivity contribution in [2.45, 2.75) is 19.3 Å². The predicted molar refractivity (Wildman–Crippen MR) is 347 cm³/mol. The summed E-state index contributed by atoms with van der Waals surface area (Å²) in [4.78, 5) is 6.62. The van der Waals surface area contributed by atoms with E-state index in [2.05, 4.69) is 345 Å². The fourth-order valence-electron chi connectivity index (χ4n) is 10.0. The zero-order chi connectivity index (χ0) is 55.4. The average molecular weight is 1050 g/mol. The normalized spacial score (nSPS) is 10.6. The summed E-state index contributed by atoms with van der Waals surface area (Å²) in [5.74, 6) is 0. The van der Waals surface area contributed by atoms with E-state index in [-0.39, 0.29) is 0 Å². The fourth-order valence-corrected chi connectivity index (χ4v) is 10.0. The fraction of sp³-hybridized carbons (Fsp3) is 0.0769. The number of anilines is 6. The summed E-state index contributed by atoms with van der Waals surface area (Å²) in [5, 5.41) is 0. The average Bonchev–Trinajstić information content (AvgIpc) is 3.59. The predicted octanol–water partition coefficient (Wildman–Crippen LogP) is 20.1. The molecule has 0 fully saturated rings. The van der Waals surface area contributed by atoms with Crippen LogP contribution >= 0.6 is 0 Å². The first-order chi connectivity index (χ1) is 39.9. The Morgan fingerprint density at radius 1 is 0.173 bits per heavy atom. The summed E-state index contributed by atoms with van der Waals surface area (Å²) in [6.45, 7) is 0. The Morgan fingerprint density at radius 2 is 0.407 bits per heavy atom. The van der Waals surface area contributed by atoms with E-state index in [1.165, 1.54) is 101 Å². The summed E-state index contributed by atoms with van der Waals surface area (Å²) in [7, 11) is 6.31. The van der Waals surface area contributed by atoms with E-state index >= 15 is 0 Å². The molecule has 3 nitrogen and oxygen atoms in total. The zero-order valence-electron chi connectivity index (χ0n) is 46.6. The van der Waals surface area contributed by atoms with Crippen molar-refractivity contribution in [3.8, 4) is 33.4 Å². The highest BCUT2D eigenvalue weighted by molar-refractivity contribution is 5.74. The SMILES string of the molecule is CN(c1ccccc1)c1ccc(-c2ccc(Cc3ccccc3)cc2)cc1.CN(c1ccccc1)c1ccc(-c2cccc(Cc3ccccc3)c2)cc1.CN(c1ccccc1)c1cccc(-c2ccc(Cc3ccccc3)cc2)c1. The summed E-state index contributed by atoms with van der Waals surface area (Å²) >= 11 is 0. The van der Waals surface area contributed by atoms with Crippen LogP contribution in [0.25, 0.3) is 33.4 Å². The van der Waals surface area contributed by atoms with Gasteiger partial charge < -0.3 is 14.7 Å². The summed E-state index contributed by atoms with van der Waals surface area (Å²) in [6.07, 6.45) is 2.91. The van der Waals surface area contributed by atoms with Gasteiger partial charge in [-0.3, -0.25) is 0 Å². The minimum atomic E-state index is 0.962. The molecule has 0 N–H and O–H groups in total. The van der Waals surface area contributed by atoms with Crippen molar-refractivity contribution in [1.82, 2.24) is 0 Å². The molecule has 0 saturated heterocycles. The van der Waals surface area contributed by atoms with Crippen molar-refractivity contribution in [3.05, 3.63) is 361 Å². The van der Waals surface area contributed by atoms with E-state index in [0.29, 0.717) is 0 Å². The van der Waals surface area contributed by atoms with Gasteiger partial charge in [0.2, 0.25) is 0 Å². The highest BCUT2D eigenvalue weighted by atomic mass is 15.1. The Morgan fingerprint density at radius 3 is 0.778 bits per heavy atom. The molecule has 3 heteroatoms. The second-order valence-electron chi connectivity index (χ2n) is 20.4. The lowest BCUT2D eigenvalue weighted by Gasteiger charge is -2.20. The Kier molecular flexibility index (Phi) is 18.5. The Hall–Kier alpha value is -9.96. The molecule has 81 heavy (non-hydrogen) atoms. The van der Waals surface area contributed by atoms with E-state index in [9.17, 15) is 0 Å². The van der Waals surface area contributed by atoms with Gasteiger partial charge in [-0.1, -0.05) is 255 Å². The minimum absolute atomic E-state index is 0.962. The summed E-state index contributed by atoms with van der Waals surface area (Å²) in [5.41, 5.74) is 22.7. The maximum absolute atomic E-state index is 2.29. The minimum Gasteiger partial charge on any atom is -0.345 e. The van der Waals surface area contributed by atoms with Gasteiger partial charge in [0.1, 0.15) is 0 Å². The molecular formula is C78H69N3. The lowest BCUT2D eigenvalue weighted by molar-refractivity contribution is 1.19. The second-order valence-corrected chi connectivity index (χ2v) is 20.4. The Bertz CT molecular complexity index is 3760.